The first-order chi connectivity index (χ1) is 8.04. The fourth-order valence-corrected chi connectivity index (χ4v) is 2.18. The van der Waals surface area contributed by atoms with Crippen molar-refractivity contribution in [3.8, 4) is 16.3 Å². The number of aromatic nitrogens is 1. The molecule has 0 fully saturated rings. The monoisotopic (exact) mass is 253 g/mol. The third kappa shape index (κ3) is 2.79. The van der Waals surface area contributed by atoms with E-state index in [1.54, 1.807) is 5.38 Å². The Balaban J connectivity index is 2.33. The third-order valence-electron chi connectivity index (χ3n) is 2.01. The molecule has 2 rings (SSSR count). The Bertz CT molecular complexity index is 547. The van der Waals surface area contributed by atoms with Crippen molar-refractivity contribution in [3.05, 3.63) is 35.1 Å². The van der Waals surface area contributed by atoms with Gasteiger partial charge in [-0.3, -0.25) is 4.79 Å². The third-order valence-corrected chi connectivity index (χ3v) is 2.95. The van der Waals surface area contributed by atoms with Crippen LogP contribution in [0.5, 0.6) is 5.75 Å². The van der Waals surface area contributed by atoms with E-state index in [4.69, 9.17) is 5.11 Å². The number of rotatable bonds is 3. The molecular formula is C11H8FNO3S. The second kappa shape index (κ2) is 4.50. The lowest BCUT2D eigenvalue weighted by atomic mass is 10.2. The predicted octanol–water partition coefficient (Wildman–Crippen LogP) is 2.28. The summed E-state index contributed by atoms with van der Waals surface area (Å²) in [6, 6.07) is 3.62. The van der Waals surface area contributed by atoms with Gasteiger partial charge in [-0.1, -0.05) is 0 Å². The summed E-state index contributed by atoms with van der Waals surface area (Å²) in [5, 5.41) is 19.9. The number of thiazole rings is 1. The van der Waals surface area contributed by atoms with Crippen molar-refractivity contribution in [1.82, 2.24) is 4.98 Å². The van der Waals surface area contributed by atoms with Crippen molar-refractivity contribution in [2.45, 2.75) is 6.42 Å². The van der Waals surface area contributed by atoms with Gasteiger partial charge in [0.05, 0.1) is 12.1 Å². The number of phenols is 1. The Kier molecular flexibility index (Phi) is 3.06. The van der Waals surface area contributed by atoms with E-state index in [1.165, 1.54) is 23.5 Å². The first-order valence-corrected chi connectivity index (χ1v) is 5.58. The van der Waals surface area contributed by atoms with Crippen LogP contribution in [0.2, 0.25) is 0 Å². The number of aromatic hydroxyl groups is 1. The summed E-state index contributed by atoms with van der Waals surface area (Å²) in [6.45, 7) is 0. The minimum absolute atomic E-state index is 0.169. The maximum absolute atomic E-state index is 13.1. The van der Waals surface area contributed by atoms with Gasteiger partial charge in [-0.15, -0.1) is 11.3 Å². The number of carboxylic acids is 1. The molecule has 2 aromatic rings. The zero-order valence-electron chi connectivity index (χ0n) is 8.55. The number of halogens is 1. The van der Waals surface area contributed by atoms with Crippen molar-refractivity contribution in [2.24, 2.45) is 0 Å². The molecule has 0 atom stereocenters. The number of benzene rings is 1. The van der Waals surface area contributed by atoms with Gasteiger partial charge in [0, 0.05) is 17.0 Å². The van der Waals surface area contributed by atoms with Crippen molar-refractivity contribution in [2.75, 3.05) is 0 Å². The van der Waals surface area contributed by atoms with Gasteiger partial charge in [0.2, 0.25) is 0 Å². The van der Waals surface area contributed by atoms with Crippen LogP contribution in [0.25, 0.3) is 10.6 Å². The molecule has 0 bridgehead atoms. The molecule has 6 heteroatoms. The molecule has 0 saturated carbocycles. The molecule has 0 spiro atoms. The molecule has 0 saturated heterocycles. The molecule has 0 unspecified atom stereocenters. The average Bonchev–Trinajstić information content (AvgIpc) is 2.63. The van der Waals surface area contributed by atoms with E-state index in [0.29, 0.717) is 16.3 Å². The molecule has 17 heavy (non-hydrogen) atoms. The standard InChI is InChI=1S/C11H8FNO3S/c12-7-1-6(2-9(14)3-7)11-13-8(5-17-11)4-10(15)16/h1-3,5,14H,4H2,(H,15,16). The quantitative estimate of drug-likeness (QED) is 0.880. The first kappa shape index (κ1) is 11.5. The van der Waals surface area contributed by atoms with Crippen LogP contribution in [0.4, 0.5) is 4.39 Å². The lowest BCUT2D eigenvalue weighted by Crippen LogP contribution is -1.99. The molecule has 2 N–H and O–H groups in total. The fraction of sp³-hybridized carbons (Fsp3) is 0.0909. The van der Waals surface area contributed by atoms with Crippen LogP contribution in [0.3, 0.4) is 0 Å². The molecule has 0 aliphatic carbocycles. The number of nitrogens with zero attached hydrogens (tertiary/aromatic N) is 1. The molecule has 88 valence electrons. The van der Waals surface area contributed by atoms with Crippen LogP contribution >= 0.6 is 11.3 Å². The summed E-state index contributed by atoms with van der Waals surface area (Å²) >= 11 is 1.21. The Labute approximate surface area is 100.0 Å². The molecule has 1 aromatic heterocycles. The maximum atomic E-state index is 13.1. The largest absolute Gasteiger partial charge is 0.508 e. The highest BCUT2D eigenvalue weighted by Gasteiger charge is 2.09. The lowest BCUT2D eigenvalue weighted by molar-refractivity contribution is -0.136. The molecular weight excluding hydrogens is 245 g/mol. The summed E-state index contributed by atoms with van der Waals surface area (Å²) in [5.74, 6) is -1.71. The predicted molar refractivity (Wildman–Crippen MR) is 60.5 cm³/mol. The van der Waals surface area contributed by atoms with Crippen LogP contribution in [-0.4, -0.2) is 21.2 Å². The summed E-state index contributed by atoms with van der Waals surface area (Å²) in [7, 11) is 0. The lowest BCUT2D eigenvalue weighted by Gasteiger charge is -1.98. The highest BCUT2D eigenvalue weighted by atomic mass is 32.1. The van der Waals surface area contributed by atoms with E-state index in [9.17, 15) is 14.3 Å². The molecule has 1 aromatic carbocycles. The van der Waals surface area contributed by atoms with Crippen LogP contribution in [0.1, 0.15) is 5.69 Å². The van der Waals surface area contributed by atoms with Gasteiger partial charge >= 0.3 is 5.97 Å². The topological polar surface area (TPSA) is 70.4 Å². The average molecular weight is 253 g/mol. The Hall–Kier alpha value is -1.95. The van der Waals surface area contributed by atoms with E-state index < -0.39 is 11.8 Å². The number of carboxylic acid groups (broad SMARTS) is 1. The van der Waals surface area contributed by atoms with Crippen LogP contribution in [0, 0.1) is 5.82 Å². The summed E-state index contributed by atoms with van der Waals surface area (Å²) in [6.07, 6.45) is -0.169. The first-order valence-electron chi connectivity index (χ1n) is 4.71. The van der Waals surface area contributed by atoms with Crippen molar-refractivity contribution in [1.29, 1.82) is 0 Å². The maximum Gasteiger partial charge on any atom is 0.309 e. The van der Waals surface area contributed by atoms with E-state index in [-0.39, 0.29) is 12.2 Å². The van der Waals surface area contributed by atoms with Gasteiger partial charge in [-0.05, 0) is 12.1 Å². The molecule has 0 radical (unpaired) electrons. The summed E-state index contributed by atoms with van der Waals surface area (Å²) in [5.41, 5.74) is 0.852. The van der Waals surface area contributed by atoms with Gasteiger partial charge in [-0.25, -0.2) is 9.37 Å². The number of hydrogen-bond donors (Lipinski definition) is 2. The highest BCUT2D eigenvalue weighted by molar-refractivity contribution is 7.13. The molecule has 0 aliphatic heterocycles. The van der Waals surface area contributed by atoms with Gasteiger partial charge in [0.25, 0.3) is 0 Å². The number of phenolic OH excluding ortho intramolecular Hbond substituents is 1. The van der Waals surface area contributed by atoms with E-state index in [1.807, 2.05) is 0 Å². The molecule has 1 heterocycles. The van der Waals surface area contributed by atoms with E-state index >= 15 is 0 Å². The zero-order valence-corrected chi connectivity index (χ0v) is 9.37. The zero-order chi connectivity index (χ0) is 12.4. The highest BCUT2D eigenvalue weighted by Crippen LogP contribution is 2.27. The number of hydrogen-bond acceptors (Lipinski definition) is 4. The number of carbonyl (C=O) groups is 1. The normalized spacial score (nSPS) is 10.4. The van der Waals surface area contributed by atoms with Gasteiger partial charge in [0.1, 0.15) is 16.6 Å². The van der Waals surface area contributed by atoms with Crippen molar-refractivity contribution < 1.29 is 19.4 Å². The fourth-order valence-electron chi connectivity index (χ4n) is 1.37. The minimum atomic E-state index is -0.969. The van der Waals surface area contributed by atoms with Crippen molar-refractivity contribution in [3.63, 3.8) is 0 Å². The Morgan fingerprint density at radius 3 is 2.82 bits per heavy atom. The van der Waals surface area contributed by atoms with E-state index in [0.717, 1.165) is 6.07 Å². The van der Waals surface area contributed by atoms with Gasteiger partial charge in [0.15, 0.2) is 0 Å². The Morgan fingerprint density at radius 2 is 2.18 bits per heavy atom. The molecule has 0 aliphatic rings. The number of aliphatic carboxylic acids is 1. The van der Waals surface area contributed by atoms with Crippen LogP contribution in [0.15, 0.2) is 23.6 Å². The second-order valence-corrected chi connectivity index (χ2v) is 4.27. The van der Waals surface area contributed by atoms with Gasteiger partial charge in [-0.2, -0.15) is 0 Å². The SMILES string of the molecule is O=C(O)Cc1csc(-c2cc(O)cc(F)c2)n1. The minimum Gasteiger partial charge on any atom is -0.508 e. The second-order valence-electron chi connectivity index (χ2n) is 3.41. The summed E-state index contributed by atoms with van der Waals surface area (Å²) in [4.78, 5) is 14.6. The summed E-state index contributed by atoms with van der Waals surface area (Å²) < 4.78 is 13.1. The van der Waals surface area contributed by atoms with Crippen molar-refractivity contribution >= 4 is 17.3 Å². The molecule has 4 nitrogen and oxygen atoms in total. The Morgan fingerprint density at radius 1 is 1.41 bits per heavy atom. The van der Waals surface area contributed by atoms with Crippen LogP contribution < -0.4 is 0 Å². The molecule has 0 amide bonds. The van der Waals surface area contributed by atoms with E-state index in [2.05, 4.69) is 4.98 Å². The van der Waals surface area contributed by atoms with Crippen LogP contribution in [-0.2, 0) is 11.2 Å². The van der Waals surface area contributed by atoms with Gasteiger partial charge < -0.3 is 10.2 Å². The smallest absolute Gasteiger partial charge is 0.309 e.